The number of fused-ring (bicyclic) bond motifs is 1. The minimum atomic E-state index is 0.0259. The minimum absolute atomic E-state index is 0.0259. The second kappa shape index (κ2) is 4.86. The molecule has 0 aliphatic carbocycles. The lowest BCUT2D eigenvalue weighted by atomic mass is 10.2. The van der Waals surface area contributed by atoms with Crippen molar-refractivity contribution in [3.8, 4) is 5.88 Å². The van der Waals surface area contributed by atoms with Crippen LogP contribution in [0.1, 0.15) is 12.7 Å². The highest BCUT2D eigenvalue weighted by Gasteiger charge is 2.23. The van der Waals surface area contributed by atoms with Crippen LogP contribution in [0.3, 0.4) is 0 Å². The smallest absolute Gasteiger partial charge is 0.222 e. The molecule has 1 atom stereocenters. The van der Waals surface area contributed by atoms with Crippen LogP contribution in [0.4, 0.5) is 5.82 Å². The molecule has 0 bridgehead atoms. The summed E-state index contributed by atoms with van der Waals surface area (Å²) in [6.45, 7) is 6.91. The van der Waals surface area contributed by atoms with Crippen molar-refractivity contribution in [2.75, 3.05) is 31.6 Å². The highest BCUT2D eigenvalue weighted by Crippen LogP contribution is 2.26. The van der Waals surface area contributed by atoms with Gasteiger partial charge in [-0.2, -0.15) is 4.98 Å². The Bertz CT molecular complexity index is 645. The maximum atomic E-state index is 9.98. The molecule has 2 aromatic rings. The maximum Gasteiger partial charge on any atom is 0.222 e. The fourth-order valence-corrected chi connectivity index (χ4v) is 2.76. The summed E-state index contributed by atoms with van der Waals surface area (Å²) in [5, 5.41) is 10.6. The molecule has 20 heavy (non-hydrogen) atoms. The Morgan fingerprint density at radius 3 is 2.85 bits per heavy atom. The van der Waals surface area contributed by atoms with E-state index in [1.165, 1.54) is 0 Å². The lowest BCUT2D eigenvalue weighted by Crippen LogP contribution is -2.50. The predicted molar refractivity (Wildman–Crippen MR) is 78.0 cm³/mol. The van der Waals surface area contributed by atoms with Gasteiger partial charge in [0, 0.05) is 25.7 Å². The summed E-state index contributed by atoms with van der Waals surface area (Å²) in [6.07, 6.45) is 1.71. The number of aryl methyl sites for hydroxylation is 1. The molecule has 0 amide bonds. The Kier molecular flexibility index (Phi) is 3.17. The maximum absolute atomic E-state index is 9.98. The van der Waals surface area contributed by atoms with Gasteiger partial charge in [0.05, 0.1) is 17.1 Å². The number of aromatic nitrogens is 3. The molecule has 1 N–H and O–H groups in total. The van der Waals surface area contributed by atoms with Crippen molar-refractivity contribution in [3.05, 3.63) is 18.1 Å². The number of rotatable bonds is 1. The molecule has 1 fully saturated rings. The second-order valence-electron chi connectivity index (χ2n) is 5.46. The zero-order valence-electron chi connectivity index (χ0n) is 12.0. The Morgan fingerprint density at radius 1 is 1.30 bits per heavy atom. The highest BCUT2D eigenvalue weighted by molar-refractivity contribution is 5.84. The van der Waals surface area contributed by atoms with Gasteiger partial charge < -0.3 is 14.9 Å². The van der Waals surface area contributed by atoms with Crippen LogP contribution in [-0.4, -0.2) is 57.7 Å². The monoisotopic (exact) mass is 273 g/mol. The van der Waals surface area contributed by atoms with E-state index < -0.39 is 0 Å². The van der Waals surface area contributed by atoms with Gasteiger partial charge in [-0.25, -0.2) is 9.97 Å². The van der Waals surface area contributed by atoms with Crippen LogP contribution in [0.25, 0.3) is 10.9 Å². The molecule has 0 spiro atoms. The van der Waals surface area contributed by atoms with Crippen molar-refractivity contribution in [3.63, 3.8) is 0 Å². The van der Waals surface area contributed by atoms with Crippen LogP contribution in [0, 0.1) is 6.92 Å². The van der Waals surface area contributed by atoms with Crippen LogP contribution in [0.5, 0.6) is 5.88 Å². The number of pyridine rings is 1. The van der Waals surface area contributed by atoms with Gasteiger partial charge in [-0.05, 0) is 27.0 Å². The summed E-state index contributed by atoms with van der Waals surface area (Å²) in [5.74, 6) is 1.45. The Hall–Kier alpha value is -1.95. The van der Waals surface area contributed by atoms with E-state index in [1.54, 1.807) is 13.1 Å². The van der Waals surface area contributed by atoms with E-state index in [1.807, 2.05) is 6.07 Å². The molecule has 0 aromatic carbocycles. The van der Waals surface area contributed by atoms with Crippen molar-refractivity contribution in [1.29, 1.82) is 0 Å². The third kappa shape index (κ3) is 2.27. The first-order valence-electron chi connectivity index (χ1n) is 6.83. The zero-order valence-corrected chi connectivity index (χ0v) is 12.0. The fraction of sp³-hybridized carbons (Fsp3) is 0.500. The lowest BCUT2D eigenvalue weighted by Gasteiger charge is -2.39. The molecule has 0 saturated carbocycles. The largest absolute Gasteiger partial charge is 0.493 e. The van der Waals surface area contributed by atoms with E-state index in [4.69, 9.17) is 0 Å². The number of nitrogens with zero attached hydrogens (tertiary/aromatic N) is 5. The molecular weight excluding hydrogens is 254 g/mol. The first-order valence-corrected chi connectivity index (χ1v) is 6.83. The predicted octanol–water partition coefficient (Wildman–Crippen LogP) is 1.18. The van der Waals surface area contributed by atoms with E-state index >= 15 is 0 Å². The summed E-state index contributed by atoms with van der Waals surface area (Å²) in [6, 6.07) is 2.28. The summed E-state index contributed by atoms with van der Waals surface area (Å²) >= 11 is 0. The van der Waals surface area contributed by atoms with E-state index in [2.05, 4.69) is 38.7 Å². The van der Waals surface area contributed by atoms with Gasteiger partial charge in [0.15, 0.2) is 0 Å². The Balaban J connectivity index is 2.01. The molecule has 1 aliphatic heterocycles. The van der Waals surface area contributed by atoms with E-state index in [-0.39, 0.29) is 5.88 Å². The molecule has 1 aliphatic rings. The Morgan fingerprint density at radius 2 is 2.10 bits per heavy atom. The molecular formula is C14H19N5O. The molecule has 0 radical (unpaired) electrons. The van der Waals surface area contributed by atoms with Crippen molar-refractivity contribution in [2.24, 2.45) is 0 Å². The summed E-state index contributed by atoms with van der Waals surface area (Å²) < 4.78 is 0. The summed E-state index contributed by atoms with van der Waals surface area (Å²) in [4.78, 5) is 17.4. The van der Waals surface area contributed by atoms with Gasteiger partial charge in [-0.1, -0.05) is 0 Å². The van der Waals surface area contributed by atoms with Crippen LogP contribution in [-0.2, 0) is 0 Å². The standard InChI is InChI=1S/C14H19N5O/c1-9-8-18(3)4-5-19(9)13-6-11-12(7-15-13)16-10(2)17-14(11)20/h6-7,9H,4-5,8H2,1-3H3,(H,16,17,20)/t9-/m0/s1. The zero-order chi connectivity index (χ0) is 14.3. The molecule has 2 aromatic heterocycles. The molecule has 6 nitrogen and oxygen atoms in total. The van der Waals surface area contributed by atoms with Gasteiger partial charge in [0.2, 0.25) is 5.88 Å². The third-order valence-electron chi connectivity index (χ3n) is 3.78. The van der Waals surface area contributed by atoms with Gasteiger partial charge in [0.1, 0.15) is 11.6 Å². The van der Waals surface area contributed by atoms with Crippen molar-refractivity contribution in [2.45, 2.75) is 19.9 Å². The molecule has 1 saturated heterocycles. The quantitative estimate of drug-likeness (QED) is 0.841. The molecule has 3 heterocycles. The summed E-state index contributed by atoms with van der Waals surface area (Å²) in [7, 11) is 2.13. The Labute approximate surface area is 118 Å². The minimum Gasteiger partial charge on any atom is -0.493 e. The molecule has 6 heteroatoms. The topological polar surface area (TPSA) is 65.4 Å². The number of likely N-dealkylation sites (N-methyl/N-ethyl adjacent to an activating group) is 1. The van der Waals surface area contributed by atoms with Crippen LogP contribution in [0.2, 0.25) is 0 Å². The van der Waals surface area contributed by atoms with Gasteiger partial charge in [-0.15, -0.1) is 0 Å². The van der Waals surface area contributed by atoms with Crippen LogP contribution in [0.15, 0.2) is 12.3 Å². The van der Waals surface area contributed by atoms with Crippen molar-refractivity contribution >= 4 is 16.7 Å². The average molecular weight is 273 g/mol. The van der Waals surface area contributed by atoms with E-state index in [9.17, 15) is 5.11 Å². The van der Waals surface area contributed by atoms with Gasteiger partial charge in [0.25, 0.3) is 0 Å². The highest BCUT2D eigenvalue weighted by atomic mass is 16.3. The van der Waals surface area contributed by atoms with Gasteiger partial charge >= 0.3 is 0 Å². The first kappa shape index (κ1) is 13.1. The third-order valence-corrected chi connectivity index (χ3v) is 3.78. The number of anilines is 1. The number of aromatic hydroxyl groups is 1. The summed E-state index contributed by atoms with van der Waals surface area (Å²) in [5.41, 5.74) is 0.681. The number of piperazine rings is 1. The molecule has 3 rings (SSSR count). The van der Waals surface area contributed by atoms with Crippen LogP contribution >= 0.6 is 0 Å². The van der Waals surface area contributed by atoms with E-state index in [0.29, 0.717) is 22.8 Å². The number of hydrogen-bond donors (Lipinski definition) is 1. The second-order valence-corrected chi connectivity index (χ2v) is 5.46. The normalized spacial score (nSPS) is 20.6. The van der Waals surface area contributed by atoms with Crippen molar-refractivity contribution in [1.82, 2.24) is 19.9 Å². The van der Waals surface area contributed by atoms with Crippen LogP contribution < -0.4 is 4.90 Å². The SMILES string of the molecule is Cc1nc(O)c2cc(N3CCN(C)C[C@@H]3C)ncc2n1. The molecule has 0 unspecified atom stereocenters. The van der Waals surface area contributed by atoms with Crippen molar-refractivity contribution < 1.29 is 5.11 Å². The molecule has 106 valence electrons. The lowest BCUT2D eigenvalue weighted by molar-refractivity contribution is 0.274. The first-order chi connectivity index (χ1) is 9.54. The van der Waals surface area contributed by atoms with Gasteiger partial charge in [-0.3, -0.25) is 0 Å². The average Bonchev–Trinajstić information content (AvgIpc) is 2.38. The van der Waals surface area contributed by atoms with E-state index in [0.717, 1.165) is 25.5 Å². The number of hydrogen-bond acceptors (Lipinski definition) is 6. The fourth-order valence-electron chi connectivity index (χ4n) is 2.76.